The molecule has 4 rings (SSSR count). The van der Waals surface area contributed by atoms with Gasteiger partial charge in [-0.15, -0.1) is 11.8 Å². The van der Waals surface area contributed by atoms with Crippen molar-refractivity contribution in [2.24, 2.45) is 5.16 Å². The molecule has 29 heavy (non-hydrogen) atoms. The van der Waals surface area contributed by atoms with Gasteiger partial charge < -0.3 is 21.0 Å². The molecule has 2 aliphatic heterocycles. The van der Waals surface area contributed by atoms with Crippen molar-refractivity contribution in [3.05, 3.63) is 29.7 Å². The van der Waals surface area contributed by atoms with Crippen molar-refractivity contribution in [2.75, 3.05) is 11.5 Å². The van der Waals surface area contributed by atoms with E-state index in [1.54, 1.807) is 0 Å². The molecule has 4 N–H and O–H groups in total. The third-order valence-corrected chi connectivity index (χ3v) is 6.19. The number of thioether (sulfide) groups is 1. The predicted octanol–water partition coefficient (Wildman–Crippen LogP) is -0.0720. The number of carboxylic acids is 1. The summed E-state index contributed by atoms with van der Waals surface area (Å²) < 4.78 is 4.00. The minimum Gasteiger partial charge on any atom is -0.477 e. The summed E-state index contributed by atoms with van der Waals surface area (Å²) in [6, 6.07) is -0.886. The second-order valence-electron chi connectivity index (χ2n) is 6.32. The fourth-order valence-corrected chi connectivity index (χ4v) is 4.71. The molecule has 1 aromatic heterocycles. The molecule has 0 radical (unpaired) electrons. The zero-order valence-electron chi connectivity index (χ0n) is 14.8. The number of rotatable bonds is 6. The molecule has 3 heterocycles. The van der Waals surface area contributed by atoms with Crippen LogP contribution in [-0.4, -0.2) is 66.1 Å². The summed E-state index contributed by atoms with van der Waals surface area (Å²) in [5.74, 6) is -1.97. The number of carbonyl (C=O) groups is 3. The number of carbonyl (C=O) groups excluding carboxylic acids is 2. The van der Waals surface area contributed by atoms with Crippen LogP contribution >= 0.6 is 23.3 Å². The number of fused-ring (bicyclic) bond motifs is 1. The molecule has 2 unspecified atom stereocenters. The summed E-state index contributed by atoms with van der Waals surface area (Å²) >= 11 is 2.26. The lowest BCUT2D eigenvalue weighted by Gasteiger charge is -2.48. The number of oxime groups is 1. The van der Waals surface area contributed by atoms with Gasteiger partial charge in [-0.25, -0.2) is 4.79 Å². The number of aliphatic carboxylic acids is 1. The summed E-state index contributed by atoms with van der Waals surface area (Å²) in [4.78, 5) is 47.1. The smallest absolute Gasteiger partial charge is 0.352 e. The van der Waals surface area contributed by atoms with E-state index in [-0.39, 0.29) is 28.5 Å². The highest BCUT2D eigenvalue weighted by atomic mass is 32.2. The highest BCUT2D eigenvalue weighted by Crippen LogP contribution is 2.37. The zero-order valence-corrected chi connectivity index (χ0v) is 16.5. The topological polar surface area (TPSA) is 160 Å². The number of β-lactam (4-membered cyclic amide) rings is 1. The number of carboxylic acid groups (broad SMARTS) is 1. The van der Waals surface area contributed by atoms with Gasteiger partial charge in [-0.1, -0.05) is 11.2 Å². The Labute approximate surface area is 172 Å². The number of nitrogens with two attached hydrogens (primary N) is 1. The van der Waals surface area contributed by atoms with Gasteiger partial charge in [0.15, 0.2) is 5.13 Å². The summed E-state index contributed by atoms with van der Waals surface area (Å²) in [6.07, 6.45) is 6.60. The average Bonchev–Trinajstić information content (AvgIpc) is 3.37. The van der Waals surface area contributed by atoms with Crippen LogP contribution in [0.1, 0.15) is 18.7 Å². The van der Waals surface area contributed by atoms with Crippen LogP contribution in [0.15, 0.2) is 29.1 Å². The molecule has 1 saturated heterocycles. The highest BCUT2D eigenvalue weighted by molar-refractivity contribution is 8.00. The second kappa shape index (κ2) is 7.83. The fraction of sp³-hybridized carbons (Fsp3) is 0.375. The second-order valence-corrected chi connectivity index (χ2v) is 8.26. The van der Waals surface area contributed by atoms with Crippen molar-refractivity contribution in [1.82, 2.24) is 19.6 Å². The molecule has 11 nitrogen and oxygen atoms in total. The summed E-state index contributed by atoms with van der Waals surface area (Å²) in [6.45, 7) is 0. The van der Waals surface area contributed by atoms with Crippen LogP contribution in [0.5, 0.6) is 0 Å². The van der Waals surface area contributed by atoms with Crippen molar-refractivity contribution in [3.8, 4) is 0 Å². The molecular formula is C16H16N6O5S2. The number of aromatic nitrogens is 2. The van der Waals surface area contributed by atoms with Gasteiger partial charge in [-0.05, 0) is 25.0 Å². The first-order chi connectivity index (χ1) is 14.0. The molecule has 1 fully saturated rings. The molecular weight excluding hydrogens is 420 g/mol. The first kappa shape index (κ1) is 19.4. The largest absolute Gasteiger partial charge is 0.477 e. The van der Waals surface area contributed by atoms with Gasteiger partial charge in [0, 0.05) is 17.3 Å². The molecule has 0 bridgehead atoms. The number of hydrogen-bond acceptors (Lipinski definition) is 10. The van der Waals surface area contributed by atoms with Crippen molar-refractivity contribution in [3.63, 3.8) is 0 Å². The maximum Gasteiger partial charge on any atom is 0.352 e. The quantitative estimate of drug-likeness (QED) is 0.240. The monoisotopic (exact) mass is 436 g/mol. The summed E-state index contributed by atoms with van der Waals surface area (Å²) in [7, 11) is 0. The maximum atomic E-state index is 12.8. The van der Waals surface area contributed by atoms with E-state index >= 15 is 0 Å². The van der Waals surface area contributed by atoms with E-state index in [1.807, 2.05) is 12.2 Å². The van der Waals surface area contributed by atoms with Gasteiger partial charge in [0.25, 0.3) is 11.8 Å². The first-order valence-electron chi connectivity index (χ1n) is 8.64. The van der Waals surface area contributed by atoms with E-state index in [0.717, 1.165) is 29.3 Å². The molecule has 0 aromatic carbocycles. The van der Waals surface area contributed by atoms with Crippen LogP contribution in [-0.2, 0) is 19.2 Å². The number of nitrogens with zero attached hydrogens (tertiary/aromatic N) is 4. The van der Waals surface area contributed by atoms with Crippen LogP contribution in [0.2, 0.25) is 0 Å². The zero-order chi connectivity index (χ0) is 20.5. The molecule has 3 aliphatic rings. The van der Waals surface area contributed by atoms with Crippen LogP contribution in [0.25, 0.3) is 0 Å². The summed E-state index contributed by atoms with van der Waals surface area (Å²) in [5.41, 5.74) is 5.33. The molecule has 1 aromatic rings. The Morgan fingerprint density at radius 1 is 1.45 bits per heavy atom. The minimum absolute atomic E-state index is 0.00183. The number of anilines is 1. The standard InChI is InChI=1S/C16H16N6O5S2/c17-16-19-11(21-29-16)9(20-27-7-3-1-2-4-7)12(23)18-10-13(24)22-8(15(25)26)5-6-28-14(10)22/h1,3,5,7,10,14H,2,4,6H2,(H,18,23)(H,25,26)(H2,17,19,21)/t7?,10?,14-/m0/s1. The number of amides is 2. The fourth-order valence-electron chi connectivity index (χ4n) is 3.08. The van der Waals surface area contributed by atoms with Crippen LogP contribution in [0.3, 0.4) is 0 Å². The Bertz CT molecular complexity index is 957. The predicted molar refractivity (Wildman–Crippen MR) is 105 cm³/mol. The van der Waals surface area contributed by atoms with E-state index in [9.17, 15) is 19.5 Å². The van der Waals surface area contributed by atoms with Gasteiger partial charge in [0.05, 0.1) is 0 Å². The molecule has 0 saturated carbocycles. The van der Waals surface area contributed by atoms with Crippen molar-refractivity contribution in [1.29, 1.82) is 0 Å². The Hall–Kier alpha value is -2.93. The van der Waals surface area contributed by atoms with Gasteiger partial charge in [-0.2, -0.15) is 9.36 Å². The lowest BCUT2D eigenvalue weighted by Crippen LogP contribution is -2.70. The minimum atomic E-state index is -1.18. The van der Waals surface area contributed by atoms with Crippen molar-refractivity contribution < 1.29 is 24.3 Å². The number of nitrogens with one attached hydrogen (secondary N) is 1. The lowest BCUT2D eigenvalue weighted by molar-refractivity contribution is -0.150. The van der Waals surface area contributed by atoms with E-state index in [4.69, 9.17) is 10.6 Å². The normalized spacial score (nSPS) is 25.9. The van der Waals surface area contributed by atoms with E-state index < -0.39 is 29.2 Å². The van der Waals surface area contributed by atoms with Crippen LogP contribution in [0.4, 0.5) is 5.13 Å². The number of allylic oxidation sites excluding steroid dienone is 1. The SMILES string of the molecule is Nc1nc(C(=NOC2C=CCC2)C(=O)NC2C(=O)N3C(C(=O)O)=CCS[C@@H]23)ns1. The Balaban J connectivity index is 1.50. The van der Waals surface area contributed by atoms with E-state index in [2.05, 4.69) is 19.8 Å². The van der Waals surface area contributed by atoms with Crippen molar-refractivity contribution in [2.45, 2.75) is 30.4 Å². The van der Waals surface area contributed by atoms with E-state index in [1.165, 1.54) is 17.8 Å². The van der Waals surface area contributed by atoms with Gasteiger partial charge >= 0.3 is 5.97 Å². The molecule has 0 spiro atoms. The molecule has 3 atom stereocenters. The Kier molecular flexibility index (Phi) is 5.24. The molecule has 1 aliphatic carbocycles. The number of nitrogen functional groups attached to an aromatic ring is 1. The van der Waals surface area contributed by atoms with Crippen LogP contribution in [0, 0.1) is 0 Å². The summed E-state index contributed by atoms with van der Waals surface area (Å²) in [5, 5.41) is 15.4. The first-order valence-corrected chi connectivity index (χ1v) is 10.5. The highest BCUT2D eigenvalue weighted by Gasteiger charge is 2.53. The average molecular weight is 436 g/mol. The van der Waals surface area contributed by atoms with Crippen LogP contribution < -0.4 is 11.1 Å². The van der Waals surface area contributed by atoms with Gasteiger partial charge in [0.2, 0.25) is 11.5 Å². The Morgan fingerprint density at radius 3 is 2.93 bits per heavy atom. The molecule has 2 amide bonds. The van der Waals surface area contributed by atoms with Crippen molar-refractivity contribution >= 4 is 51.9 Å². The maximum absolute atomic E-state index is 12.8. The number of hydrogen-bond donors (Lipinski definition) is 3. The van der Waals surface area contributed by atoms with Gasteiger partial charge in [-0.3, -0.25) is 14.5 Å². The third kappa shape index (κ3) is 3.70. The third-order valence-electron chi connectivity index (χ3n) is 4.47. The Morgan fingerprint density at radius 2 is 2.28 bits per heavy atom. The van der Waals surface area contributed by atoms with E-state index in [0.29, 0.717) is 5.75 Å². The van der Waals surface area contributed by atoms with Gasteiger partial charge in [0.1, 0.15) is 23.2 Å². The molecule has 13 heteroatoms. The lowest BCUT2D eigenvalue weighted by atomic mass is 10.0. The molecule has 152 valence electrons.